The molecular formula is C8H16ClNOS. The van der Waals surface area contributed by atoms with Crippen LogP contribution in [0.3, 0.4) is 0 Å². The molecule has 0 aliphatic carbocycles. The van der Waals surface area contributed by atoms with E-state index in [1.54, 1.807) is 6.21 Å². The molecule has 0 aromatic rings. The smallest absolute Gasteiger partial charge is 0.144 e. The summed E-state index contributed by atoms with van der Waals surface area (Å²) in [5.74, 6) is 0.633. The van der Waals surface area contributed by atoms with Gasteiger partial charge in [-0.25, -0.2) is 0 Å². The predicted octanol–water partition coefficient (Wildman–Crippen LogP) is 2.54. The summed E-state index contributed by atoms with van der Waals surface area (Å²) in [6.45, 7) is 5.71. The Kier molecular flexibility index (Phi) is 5.97. The van der Waals surface area contributed by atoms with E-state index in [1.807, 2.05) is 20.8 Å². The molecular weight excluding hydrogens is 194 g/mol. The van der Waals surface area contributed by atoms with E-state index < -0.39 is 11.4 Å². The van der Waals surface area contributed by atoms with Crippen LogP contribution in [-0.4, -0.2) is 21.4 Å². The lowest BCUT2D eigenvalue weighted by Crippen LogP contribution is -2.25. The van der Waals surface area contributed by atoms with Crippen LogP contribution in [0.25, 0.3) is 0 Å². The van der Waals surface area contributed by atoms with Gasteiger partial charge in [0.2, 0.25) is 0 Å². The van der Waals surface area contributed by atoms with Gasteiger partial charge in [0.15, 0.2) is 0 Å². The van der Waals surface area contributed by atoms with Crippen molar-refractivity contribution < 1.29 is 4.55 Å². The molecule has 12 heavy (non-hydrogen) atoms. The molecule has 0 amide bonds. The molecule has 0 aromatic carbocycles. The standard InChI is InChI=1S/C8H16ClNOS/c1-8(2,3)12(11)10-7-5-4-6-9/h7H,4-6H2,1-3H3/b10-7+/t12-/m0/s1. The summed E-state index contributed by atoms with van der Waals surface area (Å²) in [5.41, 5.74) is 0. The fraction of sp³-hybridized carbons (Fsp3) is 0.875. The van der Waals surface area contributed by atoms with Crippen LogP contribution in [-0.2, 0) is 11.4 Å². The van der Waals surface area contributed by atoms with Crippen LogP contribution in [0.1, 0.15) is 33.6 Å². The minimum Gasteiger partial charge on any atom is -0.591 e. The molecule has 0 bridgehead atoms. The first-order chi connectivity index (χ1) is 5.48. The largest absolute Gasteiger partial charge is 0.591 e. The highest BCUT2D eigenvalue weighted by Crippen LogP contribution is 2.16. The molecule has 0 aromatic heterocycles. The van der Waals surface area contributed by atoms with Gasteiger partial charge in [-0.05, 0) is 33.6 Å². The number of alkyl halides is 1. The van der Waals surface area contributed by atoms with Crippen molar-refractivity contribution >= 4 is 29.2 Å². The van der Waals surface area contributed by atoms with Crippen molar-refractivity contribution in [3.05, 3.63) is 0 Å². The van der Waals surface area contributed by atoms with Gasteiger partial charge in [0.05, 0.1) is 6.21 Å². The van der Waals surface area contributed by atoms with Gasteiger partial charge in [-0.15, -0.1) is 11.6 Å². The van der Waals surface area contributed by atoms with Gasteiger partial charge in [-0.2, -0.15) is 0 Å². The maximum Gasteiger partial charge on any atom is 0.144 e. The molecule has 0 fully saturated rings. The average Bonchev–Trinajstić information content (AvgIpc) is 1.96. The normalized spacial score (nSPS) is 15.4. The maximum absolute atomic E-state index is 11.3. The summed E-state index contributed by atoms with van der Waals surface area (Å²) in [5, 5.41) is 0. The minimum atomic E-state index is -1.11. The number of halogens is 1. The van der Waals surface area contributed by atoms with Crippen molar-refractivity contribution in [1.82, 2.24) is 0 Å². The van der Waals surface area contributed by atoms with Crippen molar-refractivity contribution in [2.45, 2.75) is 38.4 Å². The van der Waals surface area contributed by atoms with E-state index in [0.717, 1.165) is 12.8 Å². The van der Waals surface area contributed by atoms with E-state index in [-0.39, 0.29) is 4.75 Å². The molecule has 0 N–H and O–H groups in total. The molecule has 0 radical (unpaired) electrons. The number of rotatable bonds is 4. The van der Waals surface area contributed by atoms with Gasteiger partial charge in [-0.1, -0.05) is 4.40 Å². The first-order valence-corrected chi connectivity index (χ1v) is 5.63. The molecule has 0 aliphatic heterocycles. The Morgan fingerprint density at radius 1 is 1.50 bits per heavy atom. The van der Waals surface area contributed by atoms with Gasteiger partial charge < -0.3 is 4.55 Å². The summed E-state index contributed by atoms with van der Waals surface area (Å²) in [7, 11) is 0. The first-order valence-electron chi connectivity index (χ1n) is 3.99. The van der Waals surface area contributed by atoms with Crippen LogP contribution in [0.5, 0.6) is 0 Å². The van der Waals surface area contributed by atoms with Crippen LogP contribution >= 0.6 is 11.6 Å². The summed E-state index contributed by atoms with van der Waals surface area (Å²) in [6.07, 6.45) is 3.40. The van der Waals surface area contributed by atoms with E-state index in [2.05, 4.69) is 4.40 Å². The van der Waals surface area contributed by atoms with Crippen LogP contribution in [0.15, 0.2) is 4.40 Å². The van der Waals surface area contributed by atoms with Crippen LogP contribution in [0.2, 0.25) is 0 Å². The summed E-state index contributed by atoms with van der Waals surface area (Å²) >= 11 is 4.35. The molecule has 1 atom stereocenters. The summed E-state index contributed by atoms with van der Waals surface area (Å²) < 4.78 is 15.0. The lowest BCUT2D eigenvalue weighted by molar-refractivity contribution is 0.561. The van der Waals surface area contributed by atoms with Crippen molar-refractivity contribution in [2.24, 2.45) is 4.40 Å². The number of nitrogens with zero attached hydrogens (tertiary/aromatic N) is 1. The van der Waals surface area contributed by atoms with Crippen molar-refractivity contribution in [2.75, 3.05) is 5.88 Å². The molecule has 2 nitrogen and oxygen atoms in total. The minimum absolute atomic E-state index is 0.253. The van der Waals surface area contributed by atoms with E-state index in [4.69, 9.17) is 11.6 Å². The van der Waals surface area contributed by atoms with E-state index >= 15 is 0 Å². The quantitative estimate of drug-likeness (QED) is 0.303. The Morgan fingerprint density at radius 2 is 2.08 bits per heavy atom. The monoisotopic (exact) mass is 209 g/mol. The Morgan fingerprint density at radius 3 is 2.50 bits per heavy atom. The number of hydrogen-bond donors (Lipinski definition) is 0. The Hall–Kier alpha value is 0.270. The highest BCUT2D eigenvalue weighted by atomic mass is 35.5. The number of hydrogen-bond acceptors (Lipinski definition) is 2. The van der Waals surface area contributed by atoms with E-state index in [9.17, 15) is 4.55 Å². The maximum atomic E-state index is 11.3. The van der Waals surface area contributed by atoms with Crippen molar-refractivity contribution in [3.63, 3.8) is 0 Å². The fourth-order valence-corrected chi connectivity index (χ4v) is 1.16. The predicted molar refractivity (Wildman–Crippen MR) is 56.3 cm³/mol. The third-order valence-electron chi connectivity index (χ3n) is 1.16. The first kappa shape index (κ1) is 12.3. The van der Waals surface area contributed by atoms with E-state index in [0.29, 0.717) is 5.88 Å². The summed E-state index contributed by atoms with van der Waals surface area (Å²) in [6, 6.07) is 0. The highest BCUT2D eigenvalue weighted by molar-refractivity contribution is 7.91. The number of unbranched alkanes of at least 4 members (excludes halogenated alkanes) is 1. The molecule has 0 saturated carbocycles. The second-order valence-corrected chi connectivity index (χ2v) is 5.79. The molecule has 0 saturated heterocycles. The lowest BCUT2D eigenvalue weighted by atomic mass is 10.3. The molecule has 0 spiro atoms. The zero-order valence-electron chi connectivity index (χ0n) is 7.84. The molecule has 0 unspecified atom stereocenters. The molecule has 0 heterocycles. The zero-order valence-corrected chi connectivity index (χ0v) is 9.41. The van der Waals surface area contributed by atoms with Crippen LogP contribution < -0.4 is 0 Å². The van der Waals surface area contributed by atoms with Gasteiger partial charge in [0.25, 0.3) is 0 Å². The average molecular weight is 210 g/mol. The zero-order chi connectivity index (χ0) is 9.61. The second-order valence-electron chi connectivity index (χ2n) is 3.48. The van der Waals surface area contributed by atoms with E-state index in [1.165, 1.54) is 0 Å². The lowest BCUT2D eigenvalue weighted by Gasteiger charge is -2.17. The van der Waals surface area contributed by atoms with Crippen LogP contribution in [0.4, 0.5) is 0 Å². The topological polar surface area (TPSA) is 35.4 Å². The highest BCUT2D eigenvalue weighted by Gasteiger charge is 2.25. The fourth-order valence-electron chi connectivity index (χ4n) is 0.447. The molecule has 0 rings (SSSR count). The summed E-state index contributed by atoms with van der Waals surface area (Å²) in [4.78, 5) is 0. The molecule has 4 heteroatoms. The van der Waals surface area contributed by atoms with Gasteiger partial charge in [0, 0.05) is 5.88 Å². The Balaban J connectivity index is 3.68. The second kappa shape index (κ2) is 5.84. The van der Waals surface area contributed by atoms with Crippen molar-refractivity contribution in [3.8, 4) is 0 Å². The Bertz CT molecular complexity index is 144. The van der Waals surface area contributed by atoms with Gasteiger partial charge >= 0.3 is 0 Å². The third-order valence-corrected chi connectivity index (χ3v) is 2.82. The van der Waals surface area contributed by atoms with Gasteiger partial charge in [-0.3, -0.25) is 0 Å². The third kappa shape index (κ3) is 5.86. The van der Waals surface area contributed by atoms with Crippen molar-refractivity contribution in [1.29, 1.82) is 0 Å². The van der Waals surface area contributed by atoms with Gasteiger partial charge in [0.1, 0.15) is 16.1 Å². The molecule has 72 valence electrons. The molecule has 0 aliphatic rings. The van der Waals surface area contributed by atoms with Crippen LogP contribution in [0, 0.1) is 0 Å². The SMILES string of the molecule is CC(C)(C)[S@+]([O-])/N=C/CCCCl. The Labute approximate surface area is 82.7 Å².